The van der Waals surface area contributed by atoms with Gasteiger partial charge in [0.2, 0.25) is 0 Å². The maximum absolute atomic E-state index is 9.04. The molecule has 0 aliphatic rings. The lowest BCUT2D eigenvalue weighted by Crippen LogP contribution is -2.17. The predicted molar refractivity (Wildman–Crippen MR) is 75.5 cm³/mol. The highest BCUT2D eigenvalue weighted by atomic mass is 15.0. The lowest BCUT2D eigenvalue weighted by Gasteiger charge is -2.16. The molecule has 1 aromatic heterocycles. The largest absolute Gasteiger partial charge is 0.367 e. The van der Waals surface area contributed by atoms with Gasteiger partial charge in [0.1, 0.15) is 11.9 Å². The number of nitrogens with zero attached hydrogens (tertiary/aromatic N) is 2. The number of aromatic nitrogens is 1. The van der Waals surface area contributed by atoms with Gasteiger partial charge in [-0.15, -0.1) is 0 Å². The monoisotopic (exact) mass is 245 g/mol. The van der Waals surface area contributed by atoms with Crippen LogP contribution in [0.1, 0.15) is 51.3 Å². The molecule has 0 radical (unpaired) electrons. The molecule has 1 heterocycles. The van der Waals surface area contributed by atoms with E-state index in [9.17, 15) is 0 Å². The highest BCUT2D eigenvalue weighted by Crippen LogP contribution is 2.16. The summed E-state index contributed by atoms with van der Waals surface area (Å²) in [5.41, 5.74) is 1.56. The summed E-state index contributed by atoms with van der Waals surface area (Å²) in [6.45, 7) is 8.57. The fourth-order valence-corrected chi connectivity index (χ4v) is 1.89. The minimum Gasteiger partial charge on any atom is -0.367 e. The molecule has 0 fully saturated rings. The van der Waals surface area contributed by atoms with Gasteiger partial charge in [0.25, 0.3) is 0 Å². The number of rotatable bonds is 6. The highest BCUT2D eigenvalue weighted by Gasteiger charge is 2.08. The van der Waals surface area contributed by atoms with Gasteiger partial charge in [-0.1, -0.05) is 26.7 Å². The lowest BCUT2D eigenvalue weighted by molar-refractivity contribution is 0.520. The summed E-state index contributed by atoms with van der Waals surface area (Å²) < 4.78 is 0. The van der Waals surface area contributed by atoms with Crippen molar-refractivity contribution in [1.29, 1.82) is 5.26 Å². The maximum atomic E-state index is 9.04. The molecule has 0 aromatic carbocycles. The van der Waals surface area contributed by atoms with Crippen molar-refractivity contribution in [3.63, 3.8) is 0 Å². The average molecular weight is 245 g/mol. The van der Waals surface area contributed by atoms with Gasteiger partial charge in [-0.05, 0) is 38.3 Å². The predicted octanol–water partition coefficient (Wildman–Crippen LogP) is 3.89. The van der Waals surface area contributed by atoms with Gasteiger partial charge >= 0.3 is 0 Å². The third-order valence-electron chi connectivity index (χ3n) is 2.96. The molecule has 0 aliphatic heterocycles. The summed E-state index contributed by atoms with van der Waals surface area (Å²) in [4.78, 5) is 4.39. The molecule has 0 spiro atoms. The Labute approximate surface area is 110 Å². The van der Waals surface area contributed by atoms with Gasteiger partial charge in [0.15, 0.2) is 0 Å². The van der Waals surface area contributed by atoms with Crippen molar-refractivity contribution >= 4 is 5.82 Å². The Kier molecular flexibility index (Phi) is 5.64. The van der Waals surface area contributed by atoms with E-state index in [1.165, 1.54) is 12.8 Å². The van der Waals surface area contributed by atoms with Gasteiger partial charge < -0.3 is 5.32 Å². The first-order valence-corrected chi connectivity index (χ1v) is 6.67. The standard InChI is InChI=1S/C15H23N3/c1-11(2)6-5-7-12(3)17-15-14(10-16)9-8-13(4)18-15/h8-9,11-12H,5-7H2,1-4H3,(H,17,18). The van der Waals surface area contributed by atoms with Crippen LogP contribution in [0.25, 0.3) is 0 Å². The van der Waals surface area contributed by atoms with Crippen LogP contribution in [0.2, 0.25) is 0 Å². The first-order chi connectivity index (χ1) is 8.52. The van der Waals surface area contributed by atoms with Crippen molar-refractivity contribution in [3.05, 3.63) is 23.4 Å². The summed E-state index contributed by atoms with van der Waals surface area (Å²) in [5.74, 6) is 1.47. The Morgan fingerprint density at radius 3 is 2.61 bits per heavy atom. The number of pyridine rings is 1. The van der Waals surface area contributed by atoms with Crippen LogP contribution < -0.4 is 5.32 Å². The molecule has 1 rings (SSSR count). The zero-order valence-corrected chi connectivity index (χ0v) is 11.8. The molecular weight excluding hydrogens is 222 g/mol. The number of hydrogen-bond acceptors (Lipinski definition) is 3. The van der Waals surface area contributed by atoms with E-state index < -0.39 is 0 Å². The zero-order chi connectivity index (χ0) is 13.5. The maximum Gasteiger partial charge on any atom is 0.144 e. The van der Waals surface area contributed by atoms with Crippen molar-refractivity contribution in [2.24, 2.45) is 5.92 Å². The van der Waals surface area contributed by atoms with Crippen molar-refractivity contribution in [2.45, 2.75) is 53.0 Å². The molecule has 98 valence electrons. The average Bonchev–Trinajstić information content (AvgIpc) is 2.28. The van der Waals surface area contributed by atoms with E-state index in [2.05, 4.69) is 37.1 Å². The van der Waals surface area contributed by atoms with Crippen LogP contribution in [0.3, 0.4) is 0 Å². The van der Waals surface area contributed by atoms with E-state index in [0.717, 1.165) is 23.9 Å². The van der Waals surface area contributed by atoms with E-state index in [1.807, 2.05) is 19.1 Å². The van der Waals surface area contributed by atoms with Crippen molar-refractivity contribution in [3.8, 4) is 6.07 Å². The van der Waals surface area contributed by atoms with Crippen molar-refractivity contribution in [2.75, 3.05) is 5.32 Å². The molecule has 0 amide bonds. The van der Waals surface area contributed by atoms with Gasteiger partial charge in [-0.3, -0.25) is 0 Å². The number of nitriles is 1. The van der Waals surface area contributed by atoms with Crippen LogP contribution >= 0.6 is 0 Å². The molecule has 18 heavy (non-hydrogen) atoms. The molecule has 1 N–H and O–H groups in total. The summed E-state index contributed by atoms with van der Waals surface area (Å²) >= 11 is 0. The second-order valence-corrected chi connectivity index (χ2v) is 5.33. The first kappa shape index (κ1) is 14.5. The molecule has 3 heteroatoms. The summed E-state index contributed by atoms with van der Waals surface area (Å²) in [6.07, 6.45) is 3.57. The molecule has 1 aromatic rings. The van der Waals surface area contributed by atoms with Crippen molar-refractivity contribution < 1.29 is 0 Å². The van der Waals surface area contributed by atoms with E-state index in [1.54, 1.807) is 0 Å². The number of anilines is 1. The molecular formula is C15H23N3. The topological polar surface area (TPSA) is 48.7 Å². The number of hydrogen-bond donors (Lipinski definition) is 1. The molecule has 0 aliphatic carbocycles. The second kappa shape index (κ2) is 7.00. The normalized spacial score (nSPS) is 12.2. The number of aryl methyl sites for hydroxylation is 1. The van der Waals surface area contributed by atoms with Crippen LogP contribution in [0.5, 0.6) is 0 Å². The minimum atomic E-state index is 0.352. The third kappa shape index (κ3) is 4.75. The molecule has 1 unspecified atom stereocenters. The van der Waals surface area contributed by atoms with Gasteiger partial charge in [0, 0.05) is 11.7 Å². The van der Waals surface area contributed by atoms with Crippen LogP contribution in [-0.4, -0.2) is 11.0 Å². The third-order valence-corrected chi connectivity index (χ3v) is 2.96. The van der Waals surface area contributed by atoms with E-state index in [-0.39, 0.29) is 0 Å². The van der Waals surface area contributed by atoms with Crippen LogP contribution in [0.4, 0.5) is 5.82 Å². The highest BCUT2D eigenvalue weighted by molar-refractivity contribution is 5.52. The SMILES string of the molecule is Cc1ccc(C#N)c(NC(C)CCCC(C)C)n1. The van der Waals surface area contributed by atoms with E-state index in [0.29, 0.717) is 11.6 Å². The minimum absolute atomic E-state index is 0.352. The number of nitrogens with one attached hydrogen (secondary N) is 1. The molecule has 0 saturated heterocycles. The molecule has 0 bridgehead atoms. The molecule has 0 saturated carbocycles. The Bertz CT molecular complexity index is 418. The van der Waals surface area contributed by atoms with E-state index >= 15 is 0 Å². The fraction of sp³-hybridized carbons (Fsp3) is 0.600. The smallest absolute Gasteiger partial charge is 0.144 e. The second-order valence-electron chi connectivity index (χ2n) is 5.33. The molecule has 1 atom stereocenters. The summed E-state index contributed by atoms with van der Waals surface area (Å²) in [7, 11) is 0. The lowest BCUT2D eigenvalue weighted by atomic mass is 10.0. The summed E-state index contributed by atoms with van der Waals surface area (Å²) in [6, 6.07) is 6.22. The quantitative estimate of drug-likeness (QED) is 0.827. The Morgan fingerprint density at radius 2 is 2.00 bits per heavy atom. The van der Waals surface area contributed by atoms with Crippen LogP contribution in [0, 0.1) is 24.2 Å². The van der Waals surface area contributed by atoms with Gasteiger partial charge in [-0.2, -0.15) is 5.26 Å². The Hall–Kier alpha value is -1.56. The van der Waals surface area contributed by atoms with Crippen LogP contribution in [-0.2, 0) is 0 Å². The van der Waals surface area contributed by atoms with Crippen molar-refractivity contribution in [1.82, 2.24) is 4.98 Å². The van der Waals surface area contributed by atoms with Gasteiger partial charge in [-0.25, -0.2) is 4.98 Å². The van der Waals surface area contributed by atoms with E-state index in [4.69, 9.17) is 5.26 Å². The fourth-order valence-electron chi connectivity index (χ4n) is 1.89. The molecule has 3 nitrogen and oxygen atoms in total. The van der Waals surface area contributed by atoms with Crippen LogP contribution in [0.15, 0.2) is 12.1 Å². The summed E-state index contributed by atoms with van der Waals surface area (Å²) in [5, 5.41) is 12.4. The Morgan fingerprint density at radius 1 is 1.28 bits per heavy atom. The first-order valence-electron chi connectivity index (χ1n) is 6.67. The zero-order valence-electron chi connectivity index (χ0n) is 11.8. The Balaban J connectivity index is 2.56. The van der Waals surface area contributed by atoms with Gasteiger partial charge in [0.05, 0.1) is 5.56 Å².